The van der Waals surface area contributed by atoms with Crippen LogP contribution in [0.2, 0.25) is 0 Å². The van der Waals surface area contributed by atoms with Crippen molar-refractivity contribution in [1.29, 1.82) is 0 Å². The lowest BCUT2D eigenvalue weighted by Crippen LogP contribution is -2.35. The number of unbranched alkanes of at least 4 members (excludes halogenated alkanes) is 1. The van der Waals surface area contributed by atoms with Crippen LogP contribution in [0.5, 0.6) is 0 Å². The fourth-order valence-corrected chi connectivity index (χ4v) is 5.15. The Balaban J connectivity index is 1.91. The van der Waals surface area contributed by atoms with E-state index in [1.807, 2.05) is 19.9 Å². The first-order valence-corrected chi connectivity index (χ1v) is 12.1. The van der Waals surface area contributed by atoms with Crippen molar-refractivity contribution in [2.45, 2.75) is 64.6 Å². The number of amides is 1. The van der Waals surface area contributed by atoms with Crippen molar-refractivity contribution in [2.75, 3.05) is 18.9 Å². The lowest BCUT2D eigenvalue weighted by molar-refractivity contribution is -0.140. The molecule has 7 nitrogen and oxygen atoms in total. The number of thioether (sulfide) groups is 2. The Kier molecular flexibility index (Phi) is 8.87. The van der Waals surface area contributed by atoms with Crippen LogP contribution in [0, 0.1) is 5.41 Å². The van der Waals surface area contributed by atoms with Crippen molar-refractivity contribution < 1.29 is 24.5 Å². The van der Waals surface area contributed by atoms with Gasteiger partial charge in [0.1, 0.15) is 11.0 Å². The molecule has 3 unspecified atom stereocenters. The third-order valence-electron chi connectivity index (χ3n) is 5.38. The summed E-state index contributed by atoms with van der Waals surface area (Å²) in [7, 11) is 0. The van der Waals surface area contributed by atoms with Crippen molar-refractivity contribution in [3.8, 4) is 0 Å². The lowest BCUT2D eigenvalue weighted by atomic mass is 9.81. The van der Waals surface area contributed by atoms with Gasteiger partial charge in [0.05, 0.1) is 12.1 Å². The van der Waals surface area contributed by atoms with Crippen molar-refractivity contribution in [3.05, 3.63) is 23.6 Å². The average Bonchev–Trinajstić information content (AvgIpc) is 3.04. The zero-order chi connectivity index (χ0) is 22.4. The quantitative estimate of drug-likeness (QED) is 0.477. The zero-order valence-electron chi connectivity index (χ0n) is 18.0. The van der Waals surface area contributed by atoms with Crippen molar-refractivity contribution in [3.63, 3.8) is 0 Å². The fourth-order valence-electron chi connectivity index (χ4n) is 3.05. The number of carbonyl (C=O) groups is 2. The van der Waals surface area contributed by atoms with E-state index in [0.717, 1.165) is 19.3 Å². The molecule has 1 amide bonds. The van der Waals surface area contributed by atoms with Gasteiger partial charge in [0.25, 0.3) is 0 Å². The van der Waals surface area contributed by atoms with Crippen LogP contribution < -0.4 is 0 Å². The minimum atomic E-state index is -1.24. The molecule has 0 radical (unpaired) electrons. The molecule has 0 aromatic rings. The second-order valence-corrected chi connectivity index (χ2v) is 10.6. The number of aliphatic hydroxyl groups excluding tert-OH is 1. The highest BCUT2D eigenvalue weighted by Crippen LogP contribution is 2.31. The Morgan fingerprint density at radius 1 is 1.57 bits per heavy atom. The number of hydrogen-bond donors (Lipinski definition) is 2. The maximum atomic E-state index is 12.1. The van der Waals surface area contributed by atoms with E-state index >= 15 is 0 Å². The molecule has 2 N–H and O–H groups in total. The van der Waals surface area contributed by atoms with Gasteiger partial charge in [0, 0.05) is 12.3 Å². The summed E-state index contributed by atoms with van der Waals surface area (Å²) < 4.78 is 5.85. The summed E-state index contributed by atoms with van der Waals surface area (Å²) in [5, 5.41) is 21.6. The van der Waals surface area contributed by atoms with Gasteiger partial charge in [0.2, 0.25) is 0 Å². The average molecular weight is 457 g/mol. The molecule has 0 aromatic heterocycles. The van der Waals surface area contributed by atoms with Crippen LogP contribution in [0.15, 0.2) is 28.6 Å². The Hall–Kier alpha value is -1.45. The summed E-state index contributed by atoms with van der Waals surface area (Å²) in [6.07, 6.45) is 7.29. The molecule has 9 heteroatoms. The molecule has 1 saturated heterocycles. The zero-order valence-corrected chi connectivity index (χ0v) is 19.7. The van der Waals surface area contributed by atoms with Gasteiger partial charge in [-0.25, -0.2) is 14.6 Å². The summed E-state index contributed by atoms with van der Waals surface area (Å²) in [5.41, 5.74) is -1.47. The minimum Gasteiger partial charge on any atom is -0.479 e. The number of carboxylic acid groups (broad SMARTS) is 1. The number of ether oxygens (including phenoxy) is 1. The van der Waals surface area contributed by atoms with E-state index in [4.69, 9.17) is 4.74 Å². The van der Waals surface area contributed by atoms with Crippen LogP contribution in [0.25, 0.3) is 0 Å². The molecular weight excluding hydrogens is 424 g/mol. The molecule has 0 bridgehead atoms. The highest BCUT2D eigenvalue weighted by Gasteiger charge is 2.34. The maximum absolute atomic E-state index is 12.1. The number of aliphatic carboxylic acids is 1. The summed E-state index contributed by atoms with van der Waals surface area (Å²) >= 11 is 2.80. The van der Waals surface area contributed by atoms with E-state index in [0.29, 0.717) is 16.7 Å². The first-order chi connectivity index (χ1) is 14.1. The molecule has 0 saturated carbocycles. The van der Waals surface area contributed by atoms with Crippen LogP contribution >= 0.6 is 23.5 Å². The van der Waals surface area contributed by atoms with E-state index in [1.165, 1.54) is 23.5 Å². The first-order valence-electron chi connectivity index (χ1n) is 10.2. The predicted octanol–water partition coefficient (Wildman–Crippen LogP) is 4.13. The number of rotatable bonds is 10. The largest absolute Gasteiger partial charge is 0.479 e. The van der Waals surface area contributed by atoms with Crippen LogP contribution in [0.3, 0.4) is 0 Å². The van der Waals surface area contributed by atoms with Gasteiger partial charge in [-0.15, -0.1) is 0 Å². The van der Waals surface area contributed by atoms with E-state index in [-0.39, 0.29) is 24.2 Å². The number of nitrogens with zero attached hydrogens (tertiary/aromatic N) is 2. The third-order valence-corrected chi connectivity index (χ3v) is 7.31. The number of carboxylic acids is 1. The Morgan fingerprint density at radius 3 is 2.97 bits per heavy atom. The molecule has 1 fully saturated rings. The van der Waals surface area contributed by atoms with Crippen LogP contribution in [-0.4, -0.2) is 68.1 Å². The molecule has 2 aliphatic rings. The van der Waals surface area contributed by atoms with E-state index in [2.05, 4.69) is 11.9 Å². The second kappa shape index (κ2) is 10.7. The fraction of sp³-hybridized carbons (Fsp3) is 0.667. The highest BCUT2D eigenvalue weighted by molar-refractivity contribution is 8.40. The topological polar surface area (TPSA) is 99.4 Å². The molecule has 0 aliphatic carbocycles. The molecule has 3 atom stereocenters. The summed E-state index contributed by atoms with van der Waals surface area (Å²) in [5.74, 6) is -0.426. The van der Waals surface area contributed by atoms with Gasteiger partial charge in [0.15, 0.2) is 5.54 Å². The molecule has 0 spiro atoms. The Morgan fingerprint density at radius 2 is 2.30 bits per heavy atom. The number of carbonyl (C=O) groups excluding carboxylic acids is 1. The third kappa shape index (κ3) is 6.52. The maximum Gasteiger partial charge on any atom is 0.410 e. The molecular formula is C21H32N2O5S2. The lowest BCUT2D eigenvalue weighted by Gasteiger charge is -2.29. The van der Waals surface area contributed by atoms with Crippen LogP contribution in [-0.2, 0) is 9.53 Å². The van der Waals surface area contributed by atoms with E-state index < -0.39 is 17.6 Å². The summed E-state index contributed by atoms with van der Waals surface area (Å²) in [6, 6.07) is -0.222. The molecule has 30 heavy (non-hydrogen) atoms. The molecule has 2 heterocycles. The van der Waals surface area contributed by atoms with Crippen LogP contribution in [0.4, 0.5) is 4.79 Å². The smallest absolute Gasteiger partial charge is 0.410 e. The van der Waals surface area contributed by atoms with Crippen molar-refractivity contribution in [1.82, 2.24) is 4.90 Å². The van der Waals surface area contributed by atoms with Gasteiger partial charge in [-0.2, -0.15) is 0 Å². The van der Waals surface area contributed by atoms with Gasteiger partial charge in [-0.05, 0) is 30.2 Å². The molecule has 2 aliphatic heterocycles. The molecule has 0 aromatic carbocycles. The standard InChI is InChI=1S/C21H32N2O5S2/c1-5-6-9-20(2,3)16(24)8-7-15-14-28-19(27)23(15)11-13-30-18-22-21(4,17(25)26)10-12-29-18/h7-8,10,12,15-16,24H,5-6,9,11,13-14H2,1-4H3,(H,25,26)/b8-7+. The first kappa shape index (κ1) is 24.8. The summed E-state index contributed by atoms with van der Waals surface area (Å²) in [4.78, 5) is 29.4. The Labute approximate surface area is 187 Å². The number of aliphatic imine (C=N–C) groups is 1. The van der Waals surface area contributed by atoms with E-state index in [1.54, 1.807) is 29.4 Å². The summed E-state index contributed by atoms with van der Waals surface area (Å²) in [6.45, 7) is 8.48. The SMILES string of the molecule is CCCCC(C)(C)C(O)/C=C/C1COC(=O)N1CCSC1=NC(C)(C(=O)O)C=CS1. The Bertz CT molecular complexity index is 722. The van der Waals surface area contributed by atoms with E-state index in [9.17, 15) is 19.8 Å². The second-order valence-electron chi connectivity index (χ2n) is 8.36. The number of aliphatic hydroxyl groups is 1. The number of hydrogen-bond acceptors (Lipinski definition) is 7. The van der Waals surface area contributed by atoms with Crippen LogP contribution in [0.1, 0.15) is 47.0 Å². The van der Waals surface area contributed by atoms with Gasteiger partial charge in [-0.3, -0.25) is 4.90 Å². The molecule has 168 valence electrons. The molecule has 2 rings (SSSR count). The van der Waals surface area contributed by atoms with Crippen molar-refractivity contribution in [2.24, 2.45) is 10.4 Å². The minimum absolute atomic E-state index is 0.222. The highest BCUT2D eigenvalue weighted by atomic mass is 32.2. The van der Waals surface area contributed by atoms with Gasteiger partial charge >= 0.3 is 12.1 Å². The van der Waals surface area contributed by atoms with Gasteiger partial charge in [-0.1, -0.05) is 69.3 Å². The normalized spacial score (nSPS) is 25.5. The van der Waals surface area contributed by atoms with Crippen molar-refractivity contribution >= 4 is 40.0 Å². The van der Waals surface area contributed by atoms with Gasteiger partial charge < -0.3 is 14.9 Å². The monoisotopic (exact) mass is 456 g/mol. The number of cyclic esters (lactones) is 1. The predicted molar refractivity (Wildman–Crippen MR) is 123 cm³/mol.